The molecule has 3 aromatic rings. The molecule has 1 aliphatic rings. The Morgan fingerprint density at radius 2 is 1.53 bits per heavy atom. The maximum absolute atomic E-state index is 12.9. The van der Waals surface area contributed by atoms with E-state index >= 15 is 0 Å². The van der Waals surface area contributed by atoms with Crippen molar-refractivity contribution in [2.75, 3.05) is 31.1 Å². The Morgan fingerprint density at radius 3 is 2.12 bits per heavy atom. The second-order valence-corrected chi connectivity index (χ2v) is 8.69. The van der Waals surface area contributed by atoms with Gasteiger partial charge in [-0.15, -0.1) is 11.3 Å². The summed E-state index contributed by atoms with van der Waals surface area (Å²) in [7, 11) is 0. The van der Waals surface area contributed by atoms with Crippen molar-refractivity contribution in [3.8, 4) is 0 Å². The van der Waals surface area contributed by atoms with E-state index < -0.39 is 0 Å². The predicted octanol–water partition coefficient (Wildman–Crippen LogP) is 3.84. The highest BCUT2D eigenvalue weighted by Gasteiger charge is 2.22. The molecule has 1 fully saturated rings. The van der Waals surface area contributed by atoms with Crippen molar-refractivity contribution in [2.45, 2.75) is 13.5 Å². The molecule has 1 aromatic heterocycles. The fourth-order valence-corrected chi connectivity index (χ4v) is 4.34. The molecule has 2 amide bonds. The molecule has 0 bridgehead atoms. The molecular weight excluding hydrogens is 422 g/mol. The van der Waals surface area contributed by atoms with Gasteiger partial charge in [0.15, 0.2) is 5.78 Å². The summed E-state index contributed by atoms with van der Waals surface area (Å²) in [4.78, 5) is 41.2. The van der Waals surface area contributed by atoms with E-state index in [0.29, 0.717) is 35.6 Å². The molecule has 32 heavy (non-hydrogen) atoms. The molecule has 0 spiro atoms. The molecule has 2 aromatic carbocycles. The van der Waals surface area contributed by atoms with Gasteiger partial charge in [0, 0.05) is 49.5 Å². The highest BCUT2D eigenvalue weighted by atomic mass is 32.1. The quantitative estimate of drug-likeness (QED) is 0.583. The van der Waals surface area contributed by atoms with Crippen LogP contribution in [0.5, 0.6) is 0 Å². The van der Waals surface area contributed by atoms with E-state index in [1.165, 1.54) is 11.3 Å². The van der Waals surface area contributed by atoms with E-state index in [4.69, 9.17) is 0 Å². The van der Waals surface area contributed by atoms with Crippen molar-refractivity contribution in [1.29, 1.82) is 0 Å². The van der Waals surface area contributed by atoms with Crippen LogP contribution in [0.2, 0.25) is 0 Å². The number of rotatable bonds is 6. The third-order valence-electron chi connectivity index (χ3n) is 5.60. The Labute approximate surface area is 191 Å². The highest BCUT2D eigenvalue weighted by Crippen LogP contribution is 2.19. The number of carbonyl (C=O) groups excluding carboxylic acids is 3. The molecular formula is C25H25N3O3S. The second-order valence-electron chi connectivity index (χ2n) is 7.74. The standard InChI is InChI=1S/C25H25N3O3S/c1-18(29)20-8-10-22(11-9-20)27-12-14-28(15-13-27)25(31)21-6-4-19(5-7-21)17-26-24(30)23-3-2-16-32-23/h2-11,16H,12-15,17H2,1H3,(H,26,30). The zero-order valence-corrected chi connectivity index (χ0v) is 18.7. The zero-order chi connectivity index (χ0) is 22.5. The molecule has 0 unspecified atom stereocenters. The van der Waals surface area contributed by atoms with Gasteiger partial charge >= 0.3 is 0 Å². The first-order valence-corrected chi connectivity index (χ1v) is 11.4. The van der Waals surface area contributed by atoms with Crippen LogP contribution in [0.15, 0.2) is 66.0 Å². The van der Waals surface area contributed by atoms with Crippen molar-refractivity contribution in [3.05, 3.63) is 87.6 Å². The van der Waals surface area contributed by atoms with Crippen LogP contribution in [0.25, 0.3) is 0 Å². The Kier molecular flexibility index (Phi) is 6.66. The monoisotopic (exact) mass is 447 g/mol. The van der Waals surface area contributed by atoms with Crippen molar-refractivity contribution < 1.29 is 14.4 Å². The van der Waals surface area contributed by atoms with E-state index in [9.17, 15) is 14.4 Å². The summed E-state index contributed by atoms with van der Waals surface area (Å²) in [5, 5.41) is 4.77. The number of amides is 2. The number of nitrogens with one attached hydrogen (secondary N) is 1. The number of piperazine rings is 1. The smallest absolute Gasteiger partial charge is 0.261 e. The van der Waals surface area contributed by atoms with E-state index in [1.807, 2.05) is 64.9 Å². The molecule has 0 aliphatic carbocycles. The second kappa shape index (κ2) is 9.78. The summed E-state index contributed by atoms with van der Waals surface area (Å²) in [6, 6.07) is 18.7. The maximum atomic E-state index is 12.9. The van der Waals surface area contributed by atoms with Crippen LogP contribution in [-0.2, 0) is 6.54 Å². The van der Waals surface area contributed by atoms with E-state index in [-0.39, 0.29) is 17.6 Å². The van der Waals surface area contributed by atoms with Crippen LogP contribution < -0.4 is 10.2 Å². The minimum atomic E-state index is -0.0889. The summed E-state index contributed by atoms with van der Waals surface area (Å²) < 4.78 is 0. The van der Waals surface area contributed by atoms with Crippen LogP contribution in [0.4, 0.5) is 5.69 Å². The fourth-order valence-electron chi connectivity index (χ4n) is 3.70. The summed E-state index contributed by atoms with van der Waals surface area (Å²) in [6.07, 6.45) is 0. The first kappa shape index (κ1) is 21.8. The molecule has 164 valence electrons. The van der Waals surface area contributed by atoms with E-state index in [0.717, 1.165) is 24.3 Å². The third-order valence-corrected chi connectivity index (χ3v) is 6.47. The molecule has 1 N–H and O–H groups in total. The minimum absolute atomic E-state index is 0.0192. The summed E-state index contributed by atoms with van der Waals surface area (Å²) >= 11 is 1.41. The van der Waals surface area contributed by atoms with Gasteiger partial charge in [0.05, 0.1) is 4.88 Å². The molecule has 4 rings (SSSR count). The average Bonchev–Trinajstić information content (AvgIpc) is 3.38. The lowest BCUT2D eigenvalue weighted by Gasteiger charge is -2.36. The number of nitrogens with zero attached hydrogens (tertiary/aromatic N) is 2. The van der Waals surface area contributed by atoms with Gasteiger partial charge in [-0.25, -0.2) is 0 Å². The molecule has 0 saturated carbocycles. The Bertz CT molecular complexity index is 1080. The minimum Gasteiger partial charge on any atom is -0.368 e. The summed E-state index contributed by atoms with van der Waals surface area (Å²) in [6.45, 7) is 4.77. The van der Waals surface area contributed by atoms with Crippen LogP contribution in [0.1, 0.15) is 42.9 Å². The predicted molar refractivity (Wildman–Crippen MR) is 126 cm³/mol. The first-order valence-electron chi connectivity index (χ1n) is 10.6. The molecule has 0 radical (unpaired) electrons. The van der Waals surface area contributed by atoms with Crippen molar-refractivity contribution >= 4 is 34.6 Å². The SMILES string of the molecule is CC(=O)c1ccc(N2CCN(C(=O)c3ccc(CNC(=O)c4cccs4)cc3)CC2)cc1. The van der Waals surface area contributed by atoms with Gasteiger partial charge in [0.2, 0.25) is 0 Å². The van der Waals surface area contributed by atoms with Crippen molar-refractivity contribution in [3.63, 3.8) is 0 Å². The van der Waals surface area contributed by atoms with Crippen molar-refractivity contribution in [2.24, 2.45) is 0 Å². The van der Waals surface area contributed by atoms with Crippen LogP contribution >= 0.6 is 11.3 Å². The fraction of sp³-hybridized carbons (Fsp3) is 0.240. The topological polar surface area (TPSA) is 69.7 Å². The van der Waals surface area contributed by atoms with Gasteiger partial charge in [-0.3, -0.25) is 14.4 Å². The molecule has 2 heterocycles. The molecule has 1 aliphatic heterocycles. The normalized spacial score (nSPS) is 13.7. The lowest BCUT2D eigenvalue weighted by molar-refractivity contribution is 0.0746. The summed E-state index contributed by atoms with van der Waals surface area (Å²) in [5.41, 5.74) is 3.37. The molecule has 7 heteroatoms. The number of carbonyl (C=O) groups is 3. The maximum Gasteiger partial charge on any atom is 0.261 e. The molecule has 1 saturated heterocycles. The van der Waals surface area contributed by atoms with Crippen LogP contribution in [0.3, 0.4) is 0 Å². The average molecular weight is 448 g/mol. The van der Waals surface area contributed by atoms with Crippen LogP contribution in [0, 0.1) is 0 Å². The van der Waals surface area contributed by atoms with E-state index in [1.54, 1.807) is 13.0 Å². The molecule has 6 nitrogen and oxygen atoms in total. The first-order chi connectivity index (χ1) is 15.5. The number of anilines is 1. The van der Waals surface area contributed by atoms with Gasteiger partial charge in [0.25, 0.3) is 11.8 Å². The Morgan fingerprint density at radius 1 is 0.875 bits per heavy atom. The zero-order valence-electron chi connectivity index (χ0n) is 17.9. The largest absolute Gasteiger partial charge is 0.368 e. The van der Waals surface area contributed by atoms with Gasteiger partial charge in [-0.05, 0) is 60.3 Å². The Balaban J connectivity index is 1.29. The highest BCUT2D eigenvalue weighted by molar-refractivity contribution is 7.12. The lowest BCUT2D eigenvalue weighted by Crippen LogP contribution is -2.48. The number of benzene rings is 2. The summed E-state index contributed by atoms with van der Waals surface area (Å²) in [5.74, 6) is -0.0115. The van der Waals surface area contributed by atoms with Crippen molar-refractivity contribution in [1.82, 2.24) is 10.2 Å². The number of hydrogen-bond donors (Lipinski definition) is 1. The number of Topliss-reactive ketones (excluding diaryl/α,β-unsaturated/α-hetero) is 1. The van der Waals surface area contributed by atoms with Crippen LogP contribution in [-0.4, -0.2) is 48.7 Å². The number of hydrogen-bond acceptors (Lipinski definition) is 5. The number of ketones is 1. The third kappa shape index (κ3) is 5.06. The lowest BCUT2D eigenvalue weighted by atomic mass is 10.1. The van der Waals surface area contributed by atoms with Gasteiger partial charge < -0.3 is 15.1 Å². The molecule has 0 atom stereocenters. The van der Waals surface area contributed by atoms with Gasteiger partial charge in [-0.1, -0.05) is 18.2 Å². The number of thiophene rings is 1. The Hall–Kier alpha value is -3.45. The van der Waals surface area contributed by atoms with Gasteiger partial charge in [-0.2, -0.15) is 0 Å². The van der Waals surface area contributed by atoms with Gasteiger partial charge in [0.1, 0.15) is 0 Å². The van der Waals surface area contributed by atoms with E-state index in [2.05, 4.69) is 10.2 Å².